The number of hydrogen-bond acceptors (Lipinski definition) is 5. The smallest absolute Gasteiger partial charge is 0.416 e. The quantitative estimate of drug-likeness (QED) is 0.434. The molecule has 0 saturated carbocycles. The van der Waals surface area contributed by atoms with Crippen molar-refractivity contribution in [3.8, 4) is 0 Å². The fraction of sp³-hybridized carbons (Fsp3) is 0.222. The van der Waals surface area contributed by atoms with Gasteiger partial charge in [-0.2, -0.15) is 13.2 Å². The van der Waals surface area contributed by atoms with Crippen molar-refractivity contribution in [3.63, 3.8) is 0 Å². The predicted octanol–water partition coefficient (Wildman–Crippen LogP) is 4.22. The summed E-state index contributed by atoms with van der Waals surface area (Å²) in [6, 6.07) is 20.2. The van der Waals surface area contributed by atoms with Gasteiger partial charge >= 0.3 is 12.1 Å². The first-order valence-electron chi connectivity index (χ1n) is 11.2. The first-order valence-corrected chi connectivity index (χ1v) is 11.2. The minimum absolute atomic E-state index is 0.343. The highest BCUT2D eigenvalue weighted by Crippen LogP contribution is 2.54. The number of nitrogens with zero attached hydrogens (tertiary/aromatic N) is 1. The molecule has 0 unspecified atom stereocenters. The van der Waals surface area contributed by atoms with E-state index in [2.05, 4.69) is 5.32 Å². The van der Waals surface area contributed by atoms with Crippen LogP contribution >= 0.6 is 0 Å². The Balaban J connectivity index is 1.70. The molecule has 2 saturated heterocycles. The van der Waals surface area contributed by atoms with E-state index in [1.54, 1.807) is 60.7 Å². The molecule has 0 aliphatic carbocycles. The second-order valence-corrected chi connectivity index (χ2v) is 8.76. The zero-order valence-electron chi connectivity index (χ0n) is 19.0. The molecule has 3 aromatic carbocycles. The summed E-state index contributed by atoms with van der Waals surface area (Å²) in [6.45, 7) is 0. The summed E-state index contributed by atoms with van der Waals surface area (Å²) in [5.74, 6) is -4.15. The number of nitrogens with one attached hydrogen (secondary N) is 1. The molecule has 2 fully saturated rings. The van der Waals surface area contributed by atoms with Gasteiger partial charge in [-0.25, -0.2) is 9.69 Å². The van der Waals surface area contributed by atoms with Crippen LogP contribution in [-0.4, -0.2) is 24.9 Å². The molecule has 1 N–H and O–H groups in total. The molecular weight excluding hydrogens is 473 g/mol. The number of amides is 2. The summed E-state index contributed by atoms with van der Waals surface area (Å²) in [4.78, 5) is 42.1. The van der Waals surface area contributed by atoms with Crippen LogP contribution in [0.25, 0.3) is 0 Å². The average molecular weight is 494 g/mol. The van der Waals surface area contributed by atoms with Gasteiger partial charge in [0.2, 0.25) is 11.8 Å². The Bertz CT molecular complexity index is 1310. The van der Waals surface area contributed by atoms with Crippen LogP contribution in [0, 0.1) is 11.8 Å². The first kappa shape index (κ1) is 23.7. The first-order chi connectivity index (χ1) is 17.2. The van der Waals surface area contributed by atoms with E-state index in [4.69, 9.17) is 4.74 Å². The summed E-state index contributed by atoms with van der Waals surface area (Å²) in [6.07, 6.45) is -4.53. The molecule has 6 nitrogen and oxygen atoms in total. The van der Waals surface area contributed by atoms with Crippen molar-refractivity contribution in [2.45, 2.75) is 17.8 Å². The van der Waals surface area contributed by atoms with Gasteiger partial charge in [0.15, 0.2) is 5.54 Å². The maximum atomic E-state index is 13.9. The Hall–Kier alpha value is -3.98. The number of para-hydroxylation sites is 1. The van der Waals surface area contributed by atoms with Gasteiger partial charge in [0.05, 0.1) is 30.2 Å². The lowest BCUT2D eigenvalue weighted by molar-refractivity contribution is -0.152. The topological polar surface area (TPSA) is 75.7 Å². The highest BCUT2D eigenvalue weighted by atomic mass is 19.4. The molecular formula is C27H21F3N2O4. The largest absolute Gasteiger partial charge is 0.467 e. The third-order valence-corrected chi connectivity index (χ3v) is 6.91. The number of alkyl halides is 3. The highest BCUT2D eigenvalue weighted by molar-refractivity contribution is 6.24. The van der Waals surface area contributed by atoms with Gasteiger partial charge in [-0.05, 0) is 35.4 Å². The van der Waals surface area contributed by atoms with Crippen LogP contribution in [0.3, 0.4) is 0 Å². The summed E-state index contributed by atoms with van der Waals surface area (Å²) in [5, 5.41) is 3.16. The number of benzene rings is 3. The van der Waals surface area contributed by atoms with E-state index in [9.17, 15) is 27.6 Å². The molecule has 0 bridgehead atoms. The van der Waals surface area contributed by atoms with Crippen molar-refractivity contribution in [2.75, 3.05) is 12.0 Å². The van der Waals surface area contributed by atoms with Gasteiger partial charge in [0.25, 0.3) is 0 Å². The van der Waals surface area contributed by atoms with E-state index >= 15 is 0 Å². The molecule has 0 aromatic heterocycles. The SMILES string of the molecule is COC(=O)[C@]1(c2ccccc2)N[C@H](c2ccc(C(F)(F)F)cc2)[C@@H]2C(=O)N(c3ccccc3)C(=O)[C@@H]21. The molecule has 0 spiro atoms. The molecule has 2 aliphatic rings. The summed E-state index contributed by atoms with van der Waals surface area (Å²) in [7, 11) is 1.19. The van der Waals surface area contributed by atoms with Crippen molar-refractivity contribution < 1.29 is 32.3 Å². The molecule has 184 valence electrons. The van der Waals surface area contributed by atoms with E-state index in [0.29, 0.717) is 16.8 Å². The number of anilines is 1. The second-order valence-electron chi connectivity index (χ2n) is 8.76. The van der Waals surface area contributed by atoms with Crippen molar-refractivity contribution in [1.29, 1.82) is 0 Å². The summed E-state index contributed by atoms with van der Waals surface area (Å²) >= 11 is 0. The maximum Gasteiger partial charge on any atom is 0.416 e. The second kappa shape index (κ2) is 8.60. The van der Waals surface area contributed by atoms with E-state index < -0.39 is 52.9 Å². The molecule has 3 aromatic rings. The molecule has 2 amide bonds. The third-order valence-electron chi connectivity index (χ3n) is 6.91. The zero-order chi connectivity index (χ0) is 25.7. The van der Waals surface area contributed by atoms with Crippen molar-refractivity contribution >= 4 is 23.5 Å². The van der Waals surface area contributed by atoms with E-state index in [1.807, 2.05) is 0 Å². The van der Waals surface area contributed by atoms with Gasteiger partial charge in [-0.15, -0.1) is 0 Å². The molecule has 0 radical (unpaired) electrons. The highest BCUT2D eigenvalue weighted by Gasteiger charge is 2.69. The Labute approximate surface area is 204 Å². The average Bonchev–Trinajstić information content (AvgIpc) is 3.38. The van der Waals surface area contributed by atoms with Crippen LogP contribution in [0.1, 0.15) is 22.7 Å². The van der Waals surface area contributed by atoms with Crippen LogP contribution in [0.15, 0.2) is 84.9 Å². The third kappa shape index (κ3) is 3.50. The Kier molecular flexibility index (Phi) is 5.67. The van der Waals surface area contributed by atoms with E-state index in [0.717, 1.165) is 17.0 Å². The lowest BCUT2D eigenvalue weighted by Gasteiger charge is -2.33. The van der Waals surface area contributed by atoms with Gasteiger partial charge in [-0.1, -0.05) is 60.7 Å². The molecule has 5 rings (SSSR count). The number of carbonyl (C=O) groups excluding carboxylic acids is 3. The molecule has 4 atom stereocenters. The van der Waals surface area contributed by atoms with Gasteiger partial charge in [0.1, 0.15) is 0 Å². The molecule has 2 heterocycles. The van der Waals surface area contributed by atoms with E-state index in [-0.39, 0.29) is 0 Å². The zero-order valence-corrected chi connectivity index (χ0v) is 19.0. The van der Waals surface area contributed by atoms with Crippen LogP contribution < -0.4 is 10.2 Å². The molecule has 9 heteroatoms. The number of methoxy groups -OCH3 is 1. The Morgan fingerprint density at radius 2 is 1.47 bits per heavy atom. The van der Waals surface area contributed by atoms with Crippen LogP contribution in [0.4, 0.5) is 18.9 Å². The van der Waals surface area contributed by atoms with Gasteiger partial charge in [0, 0.05) is 6.04 Å². The number of ether oxygens (including phenoxy) is 1. The minimum Gasteiger partial charge on any atom is -0.467 e. The number of carbonyl (C=O) groups is 3. The minimum atomic E-state index is -4.53. The molecule has 2 aliphatic heterocycles. The van der Waals surface area contributed by atoms with Crippen LogP contribution in [0.5, 0.6) is 0 Å². The number of hydrogen-bond donors (Lipinski definition) is 1. The van der Waals surface area contributed by atoms with Crippen molar-refractivity contribution in [3.05, 3.63) is 102 Å². The van der Waals surface area contributed by atoms with Gasteiger partial charge in [-0.3, -0.25) is 14.9 Å². The van der Waals surface area contributed by atoms with Crippen molar-refractivity contribution in [2.24, 2.45) is 11.8 Å². The normalized spacial score (nSPS) is 25.7. The standard InChI is InChI=1S/C27H21F3N2O4/c1-36-25(35)26(17-8-4-2-5-9-17)21-20(23(33)32(24(21)34)19-10-6-3-7-11-19)22(31-26)16-12-14-18(15-13-16)27(28,29)30/h2-15,20-22,31H,1H3/t20-,21-,22-,26-/m1/s1. The Morgan fingerprint density at radius 1 is 0.889 bits per heavy atom. The fourth-order valence-corrected chi connectivity index (χ4v) is 5.34. The maximum absolute atomic E-state index is 13.9. The van der Waals surface area contributed by atoms with Gasteiger partial charge < -0.3 is 4.74 Å². The summed E-state index contributed by atoms with van der Waals surface area (Å²) in [5.41, 5.74) is -1.47. The summed E-state index contributed by atoms with van der Waals surface area (Å²) < 4.78 is 44.7. The predicted molar refractivity (Wildman–Crippen MR) is 123 cm³/mol. The number of fused-ring (bicyclic) bond motifs is 1. The number of imide groups is 1. The fourth-order valence-electron chi connectivity index (χ4n) is 5.34. The lowest BCUT2D eigenvalue weighted by Crippen LogP contribution is -2.53. The number of esters is 1. The van der Waals surface area contributed by atoms with Crippen molar-refractivity contribution in [1.82, 2.24) is 5.32 Å². The van der Waals surface area contributed by atoms with Crippen LogP contribution in [0.2, 0.25) is 0 Å². The lowest BCUT2D eigenvalue weighted by atomic mass is 9.75. The van der Waals surface area contributed by atoms with E-state index in [1.165, 1.54) is 19.2 Å². The molecule has 36 heavy (non-hydrogen) atoms. The number of halogens is 3. The number of rotatable bonds is 4. The van der Waals surface area contributed by atoms with Crippen LogP contribution in [-0.2, 0) is 30.8 Å². The monoisotopic (exact) mass is 494 g/mol. The Morgan fingerprint density at radius 3 is 2.03 bits per heavy atom.